The first-order chi connectivity index (χ1) is 11.1. The second kappa shape index (κ2) is 8.89. The predicted octanol–water partition coefficient (Wildman–Crippen LogP) is 2.94. The molecule has 0 radical (unpaired) electrons. The Morgan fingerprint density at radius 3 is 3.00 bits per heavy atom. The summed E-state index contributed by atoms with van der Waals surface area (Å²) in [6, 6.07) is 7.09. The molecule has 1 heterocycles. The first kappa shape index (κ1) is 17.8. The molecular formula is C17H23ClN2O3. The predicted molar refractivity (Wildman–Crippen MR) is 90.5 cm³/mol. The fourth-order valence-electron chi connectivity index (χ4n) is 2.76. The number of benzene rings is 1. The lowest BCUT2D eigenvalue weighted by atomic mass is 9.98. The lowest BCUT2D eigenvalue weighted by Gasteiger charge is -2.31. The molecule has 126 valence electrons. The molecule has 0 unspecified atom stereocenters. The summed E-state index contributed by atoms with van der Waals surface area (Å²) in [5, 5.41) is 3.43. The number of carbonyl (C=O) groups excluding carboxylic acids is 2. The maximum Gasteiger partial charge on any atom is 0.310 e. The van der Waals surface area contributed by atoms with Crippen LogP contribution in [0.4, 0.5) is 5.69 Å². The largest absolute Gasteiger partial charge is 0.466 e. The van der Waals surface area contributed by atoms with Gasteiger partial charge in [0.1, 0.15) is 0 Å². The lowest BCUT2D eigenvalue weighted by Crippen LogP contribution is -2.40. The molecule has 1 atom stereocenters. The van der Waals surface area contributed by atoms with E-state index in [2.05, 4.69) is 10.2 Å². The van der Waals surface area contributed by atoms with Gasteiger partial charge in [0, 0.05) is 30.2 Å². The van der Waals surface area contributed by atoms with E-state index in [1.54, 1.807) is 18.2 Å². The third-order valence-electron chi connectivity index (χ3n) is 3.89. The number of hydrogen-bond donors (Lipinski definition) is 1. The maximum atomic E-state index is 12.0. The third-order valence-corrected chi connectivity index (χ3v) is 4.12. The van der Waals surface area contributed by atoms with Crippen molar-refractivity contribution < 1.29 is 14.3 Å². The Hall–Kier alpha value is -1.59. The normalized spacial score (nSPS) is 18.4. The second-order valence-electron chi connectivity index (χ2n) is 5.70. The van der Waals surface area contributed by atoms with Gasteiger partial charge in [0.05, 0.1) is 12.5 Å². The number of esters is 1. The summed E-state index contributed by atoms with van der Waals surface area (Å²) >= 11 is 5.90. The summed E-state index contributed by atoms with van der Waals surface area (Å²) in [7, 11) is 0. The van der Waals surface area contributed by atoms with Crippen molar-refractivity contribution in [2.75, 3.05) is 31.6 Å². The Bertz CT molecular complexity index is 550. The van der Waals surface area contributed by atoms with Crippen LogP contribution >= 0.6 is 11.6 Å². The molecule has 1 fully saturated rings. The van der Waals surface area contributed by atoms with E-state index in [9.17, 15) is 9.59 Å². The minimum atomic E-state index is -0.124. The molecule has 23 heavy (non-hydrogen) atoms. The van der Waals surface area contributed by atoms with Gasteiger partial charge in [-0.3, -0.25) is 9.59 Å². The smallest absolute Gasteiger partial charge is 0.310 e. The number of halogens is 1. The van der Waals surface area contributed by atoms with Crippen LogP contribution in [0.2, 0.25) is 5.02 Å². The molecule has 1 aromatic rings. The molecule has 1 aromatic carbocycles. The minimum Gasteiger partial charge on any atom is -0.466 e. The van der Waals surface area contributed by atoms with Crippen LogP contribution < -0.4 is 5.32 Å². The van der Waals surface area contributed by atoms with Crippen molar-refractivity contribution in [1.82, 2.24) is 4.90 Å². The molecular weight excluding hydrogens is 316 g/mol. The van der Waals surface area contributed by atoms with E-state index in [0.717, 1.165) is 19.4 Å². The summed E-state index contributed by atoms with van der Waals surface area (Å²) in [6.45, 7) is 4.46. The van der Waals surface area contributed by atoms with Gasteiger partial charge in [-0.1, -0.05) is 17.7 Å². The van der Waals surface area contributed by atoms with Crippen molar-refractivity contribution in [3.05, 3.63) is 29.3 Å². The zero-order valence-electron chi connectivity index (χ0n) is 13.4. The first-order valence-electron chi connectivity index (χ1n) is 8.03. The number of piperidine rings is 1. The van der Waals surface area contributed by atoms with Crippen LogP contribution in [0.25, 0.3) is 0 Å². The summed E-state index contributed by atoms with van der Waals surface area (Å²) in [4.78, 5) is 26.0. The molecule has 0 aromatic heterocycles. The van der Waals surface area contributed by atoms with Crippen molar-refractivity contribution >= 4 is 29.2 Å². The number of nitrogens with one attached hydrogen (secondary N) is 1. The van der Waals surface area contributed by atoms with E-state index in [1.165, 1.54) is 0 Å². The Morgan fingerprint density at radius 2 is 2.26 bits per heavy atom. The Balaban J connectivity index is 1.76. The number of nitrogens with zero attached hydrogens (tertiary/aromatic N) is 1. The van der Waals surface area contributed by atoms with Crippen LogP contribution in [0, 0.1) is 5.92 Å². The molecule has 0 aliphatic carbocycles. The highest BCUT2D eigenvalue weighted by Gasteiger charge is 2.26. The van der Waals surface area contributed by atoms with Gasteiger partial charge in [-0.05, 0) is 44.5 Å². The molecule has 1 amide bonds. The molecule has 1 aliphatic rings. The average Bonchev–Trinajstić information content (AvgIpc) is 2.53. The van der Waals surface area contributed by atoms with Gasteiger partial charge in [-0.2, -0.15) is 0 Å². The van der Waals surface area contributed by atoms with Crippen LogP contribution in [0.3, 0.4) is 0 Å². The number of likely N-dealkylation sites (tertiary alicyclic amines) is 1. The highest BCUT2D eigenvalue weighted by molar-refractivity contribution is 6.30. The zero-order valence-corrected chi connectivity index (χ0v) is 14.1. The zero-order chi connectivity index (χ0) is 16.7. The van der Waals surface area contributed by atoms with Gasteiger partial charge in [-0.25, -0.2) is 0 Å². The van der Waals surface area contributed by atoms with Gasteiger partial charge in [0.15, 0.2) is 0 Å². The van der Waals surface area contributed by atoms with Crippen molar-refractivity contribution in [3.63, 3.8) is 0 Å². The highest BCUT2D eigenvalue weighted by atomic mass is 35.5. The molecule has 6 heteroatoms. The molecule has 0 spiro atoms. The minimum absolute atomic E-state index is 0.0504. The molecule has 0 saturated carbocycles. The van der Waals surface area contributed by atoms with Gasteiger partial charge >= 0.3 is 5.97 Å². The van der Waals surface area contributed by atoms with E-state index in [4.69, 9.17) is 16.3 Å². The molecule has 1 aliphatic heterocycles. The first-order valence-corrected chi connectivity index (χ1v) is 8.40. The lowest BCUT2D eigenvalue weighted by molar-refractivity contribution is -0.149. The van der Waals surface area contributed by atoms with Crippen molar-refractivity contribution in [3.8, 4) is 0 Å². The van der Waals surface area contributed by atoms with E-state index in [0.29, 0.717) is 36.8 Å². The Morgan fingerprint density at radius 1 is 1.43 bits per heavy atom. The Labute approximate surface area is 141 Å². The SMILES string of the molecule is CCOC(=O)[C@@H]1CCCN(CCC(=O)Nc2cccc(Cl)c2)C1. The van der Waals surface area contributed by atoms with E-state index in [-0.39, 0.29) is 17.8 Å². The Kier molecular flexibility index (Phi) is 6.86. The average molecular weight is 339 g/mol. The maximum absolute atomic E-state index is 12.0. The summed E-state index contributed by atoms with van der Waals surface area (Å²) in [5.74, 6) is -0.245. The third kappa shape index (κ3) is 5.84. The number of carbonyl (C=O) groups is 2. The van der Waals surface area contributed by atoms with Crippen LogP contribution in [0.5, 0.6) is 0 Å². The number of hydrogen-bond acceptors (Lipinski definition) is 4. The quantitative estimate of drug-likeness (QED) is 0.810. The number of rotatable bonds is 6. The van der Waals surface area contributed by atoms with Crippen molar-refractivity contribution in [2.24, 2.45) is 5.92 Å². The van der Waals surface area contributed by atoms with Crippen LogP contribution in [-0.4, -0.2) is 43.0 Å². The summed E-state index contributed by atoms with van der Waals surface area (Å²) < 4.78 is 5.09. The van der Waals surface area contributed by atoms with E-state index in [1.807, 2.05) is 13.0 Å². The monoisotopic (exact) mass is 338 g/mol. The summed E-state index contributed by atoms with van der Waals surface area (Å²) in [5.41, 5.74) is 0.700. The number of amides is 1. The van der Waals surface area contributed by atoms with Crippen molar-refractivity contribution in [2.45, 2.75) is 26.2 Å². The number of ether oxygens (including phenoxy) is 1. The van der Waals surface area contributed by atoms with Gasteiger partial charge in [0.25, 0.3) is 0 Å². The second-order valence-corrected chi connectivity index (χ2v) is 6.14. The number of anilines is 1. The molecule has 1 N–H and O–H groups in total. The van der Waals surface area contributed by atoms with Crippen LogP contribution in [-0.2, 0) is 14.3 Å². The van der Waals surface area contributed by atoms with Gasteiger partial charge < -0.3 is 15.0 Å². The standard InChI is InChI=1S/C17H23ClN2O3/c1-2-23-17(22)13-5-4-9-20(12-13)10-8-16(21)19-15-7-3-6-14(18)11-15/h3,6-7,11,13H,2,4-5,8-10,12H2,1H3,(H,19,21)/t13-/m1/s1. The molecule has 5 nitrogen and oxygen atoms in total. The van der Waals surface area contributed by atoms with Gasteiger partial charge in [-0.15, -0.1) is 0 Å². The highest BCUT2D eigenvalue weighted by Crippen LogP contribution is 2.18. The van der Waals surface area contributed by atoms with E-state index >= 15 is 0 Å². The summed E-state index contributed by atoms with van der Waals surface area (Å²) in [6.07, 6.45) is 2.21. The molecule has 2 rings (SSSR count). The molecule has 0 bridgehead atoms. The van der Waals surface area contributed by atoms with Gasteiger partial charge in [0.2, 0.25) is 5.91 Å². The molecule has 1 saturated heterocycles. The fraction of sp³-hybridized carbons (Fsp3) is 0.529. The van der Waals surface area contributed by atoms with E-state index < -0.39 is 0 Å². The topological polar surface area (TPSA) is 58.6 Å². The fourth-order valence-corrected chi connectivity index (χ4v) is 2.95. The van der Waals surface area contributed by atoms with Crippen molar-refractivity contribution in [1.29, 1.82) is 0 Å². The van der Waals surface area contributed by atoms with Crippen LogP contribution in [0.1, 0.15) is 26.2 Å². The van der Waals surface area contributed by atoms with Crippen LogP contribution in [0.15, 0.2) is 24.3 Å².